The van der Waals surface area contributed by atoms with Gasteiger partial charge in [0.15, 0.2) is 5.75 Å². The smallest absolute Gasteiger partial charge is 0.307 e. The van der Waals surface area contributed by atoms with Crippen LogP contribution in [0.15, 0.2) is 50.6 Å². The van der Waals surface area contributed by atoms with E-state index in [1.807, 2.05) is 24.3 Å². The van der Waals surface area contributed by atoms with Crippen molar-refractivity contribution in [3.8, 4) is 11.6 Å². The second kappa shape index (κ2) is 6.63. The van der Waals surface area contributed by atoms with Gasteiger partial charge in [-0.3, -0.25) is 14.6 Å². The van der Waals surface area contributed by atoms with Gasteiger partial charge in [0.25, 0.3) is 0 Å². The first-order valence-electron chi connectivity index (χ1n) is 7.06. The van der Waals surface area contributed by atoms with Crippen LogP contribution in [-0.2, 0) is 13.0 Å². The Hall–Kier alpha value is -3.00. The summed E-state index contributed by atoms with van der Waals surface area (Å²) in [5, 5.41) is 21.8. The first kappa shape index (κ1) is 15.9. The van der Waals surface area contributed by atoms with Gasteiger partial charge in [0.1, 0.15) is 12.0 Å². The molecule has 2 aromatic heterocycles. The minimum absolute atomic E-state index is 0.0884. The van der Waals surface area contributed by atoms with Crippen LogP contribution in [0.5, 0.6) is 11.6 Å². The molecule has 0 fully saturated rings. The van der Waals surface area contributed by atoms with Crippen molar-refractivity contribution >= 4 is 17.0 Å². The molecule has 0 saturated heterocycles. The fourth-order valence-electron chi connectivity index (χ4n) is 2.12. The normalized spacial score (nSPS) is 10.7. The second-order valence-electron chi connectivity index (χ2n) is 5.11. The van der Waals surface area contributed by atoms with Crippen LogP contribution in [0.4, 0.5) is 5.69 Å². The molecule has 3 aromatic rings. The fraction of sp³-hybridized carbons (Fsp3) is 0.125. The largest absolute Gasteiger partial charge is 0.502 e. The molecule has 0 aliphatic carbocycles. The van der Waals surface area contributed by atoms with Gasteiger partial charge in [0.05, 0.1) is 11.4 Å². The lowest BCUT2D eigenvalue weighted by Gasteiger charge is -2.07. The van der Waals surface area contributed by atoms with E-state index in [9.17, 15) is 14.7 Å². The maximum atomic E-state index is 11.3. The van der Waals surface area contributed by atoms with Crippen molar-refractivity contribution in [3.05, 3.63) is 72.7 Å². The number of H-pyrrole nitrogens is 1. The van der Waals surface area contributed by atoms with Gasteiger partial charge in [-0.05, 0) is 17.7 Å². The van der Waals surface area contributed by atoms with Gasteiger partial charge in [-0.25, -0.2) is 0 Å². The molecule has 7 nitrogen and oxygen atoms in total. The molecule has 8 heteroatoms. The zero-order chi connectivity index (χ0) is 17.1. The van der Waals surface area contributed by atoms with Crippen molar-refractivity contribution in [2.45, 2.75) is 13.0 Å². The summed E-state index contributed by atoms with van der Waals surface area (Å²) in [6, 6.07) is 8.67. The molecule has 0 amide bonds. The van der Waals surface area contributed by atoms with Crippen LogP contribution in [0.25, 0.3) is 0 Å². The van der Waals surface area contributed by atoms with Crippen LogP contribution >= 0.6 is 11.3 Å². The minimum Gasteiger partial charge on any atom is -0.502 e. The number of rotatable bonds is 5. The van der Waals surface area contributed by atoms with E-state index in [-0.39, 0.29) is 10.8 Å². The molecule has 0 spiro atoms. The summed E-state index contributed by atoms with van der Waals surface area (Å²) >= 11 is 0.984. The molecule has 0 atom stereocenters. The molecule has 0 radical (unpaired) electrons. The zero-order valence-electron chi connectivity index (χ0n) is 12.4. The molecule has 1 aromatic carbocycles. The number of nitrogens with one attached hydrogen (secondary N) is 2. The van der Waals surface area contributed by atoms with Crippen LogP contribution in [0, 0.1) is 0 Å². The zero-order valence-corrected chi connectivity index (χ0v) is 13.2. The lowest BCUT2D eigenvalue weighted by Crippen LogP contribution is -2.04. The second-order valence-corrected chi connectivity index (χ2v) is 6.18. The first-order valence-corrected chi connectivity index (χ1v) is 7.87. The van der Waals surface area contributed by atoms with Crippen molar-refractivity contribution in [2.24, 2.45) is 0 Å². The van der Waals surface area contributed by atoms with E-state index in [4.69, 9.17) is 9.52 Å². The van der Waals surface area contributed by atoms with E-state index >= 15 is 0 Å². The predicted molar refractivity (Wildman–Crippen MR) is 89.8 cm³/mol. The Bertz CT molecular complexity index is 956. The Morgan fingerprint density at radius 1 is 1.17 bits per heavy atom. The van der Waals surface area contributed by atoms with Crippen molar-refractivity contribution in [1.82, 2.24) is 4.98 Å². The lowest BCUT2D eigenvalue weighted by atomic mass is 10.1. The number of anilines is 1. The molecule has 124 valence electrons. The third kappa shape index (κ3) is 3.66. The van der Waals surface area contributed by atoms with Crippen molar-refractivity contribution in [3.63, 3.8) is 0 Å². The summed E-state index contributed by atoms with van der Waals surface area (Å²) in [5.74, 6) is -0.100. The first-order chi connectivity index (χ1) is 11.5. The molecular weight excluding hydrogens is 332 g/mol. The lowest BCUT2D eigenvalue weighted by molar-refractivity contribution is 0.415. The number of aromatic amines is 1. The molecule has 24 heavy (non-hydrogen) atoms. The third-order valence-corrected chi connectivity index (χ3v) is 4.22. The van der Waals surface area contributed by atoms with Crippen LogP contribution < -0.4 is 15.6 Å². The van der Waals surface area contributed by atoms with Crippen LogP contribution in [0.2, 0.25) is 0 Å². The van der Waals surface area contributed by atoms with E-state index in [1.165, 1.54) is 6.07 Å². The molecule has 0 bridgehead atoms. The minimum atomic E-state index is -0.487. The topological polar surface area (TPSA) is 116 Å². The van der Waals surface area contributed by atoms with Gasteiger partial charge in [-0.1, -0.05) is 23.5 Å². The molecular formula is C16H14N2O5S. The summed E-state index contributed by atoms with van der Waals surface area (Å²) in [5.41, 5.74) is 1.28. The molecule has 0 aliphatic heterocycles. The van der Waals surface area contributed by atoms with Gasteiger partial charge in [0.2, 0.25) is 11.3 Å². The van der Waals surface area contributed by atoms with E-state index in [1.54, 1.807) is 0 Å². The van der Waals surface area contributed by atoms with E-state index < -0.39 is 11.2 Å². The van der Waals surface area contributed by atoms with Crippen molar-refractivity contribution < 1.29 is 14.6 Å². The maximum absolute atomic E-state index is 11.3. The SMILES string of the molecule is O=c1[nH]c(O)c(Cc2ccc(NCc3cc(=O)c(O)co3)cc2)s1. The van der Waals surface area contributed by atoms with Gasteiger partial charge in [0, 0.05) is 18.2 Å². The Morgan fingerprint density at radius 3 is 2.54 bits per heavy atom. The van der Waals surface area contributed by atoms with Crippen LogP contribution in [0.3, 0.4) is 0 Å². The summed E-state index contributed by atoms with van der Waals surface area (Å²) in [6.45, 7) is 0.301. The molecule has 4 N–H and O–H groups in total. The quantitative estimate of drug-likeness (QED) is 0.562. The maximum Gasteiger partial charge on any atom is 0.307 e. The molecule has 3 rings (SSSR count). The van der Waals surface area contributed by atoms with Gasteiger partial charge in [-0.15, -0.1) is 0 Å². The number of hydrogen-bond acceptors (Lipinski definition) is 7. The van der Waals surface area contributed by atoms with Gasteiger partial charge in [-0.2, -0.15) is 0 Å². The Morgan fingerprint density at radius 2 is 1.92 bits per heavy atom. The van der Waals surface area contributed by atoms with E-state index in [2.05, 4.69) is 10.3 Å². The van der Waals surface area contributed by atoms with Crippen LogP contribution in [-0.4, -0.2) is 15.2 Å². The van der Waals surface area contributed by atoms with E-state index in [0.29, 0.717) is 23.6 Å². The molecule has 0 aliphatic rings. The summed E-state index contributed by atoms with van der Waals surface area (Å²) in [4.78, 5) is 25.1. The Kier molecular flexibility index (Phi) is 4.39. The fourth-order valence-corrected chi connectivity index (χ4v) is 2.88. The van der Waals surface area contributed by atoms with Crippen molar-refractivity contribution in [2.75, 3.05) is 5.32 Å². The number of hydrogen-bond donors (Lipinski definition) is 4. The number of aromatic hydroxyl groups is 2. The Balaban J connectivity index is 1.64. The van der Waals surface area contributed by atoms with Gasteiger partial charge < -0.3 is 19.9 Å². The average molecular weight is 346 g/mol. The number of aromatic nitrogens is 1. The predicted octanol–water partition coefficient (Wildman–Crippen LogP) is 2.00. The van der Waals surface area contributed by atoms with E-state index in [0.717, 1.165) is 28.9 Å². The summed E-state index contributed by atoms with van der Waals surface area (Å²) in [6.07, 6.45) is 1.47. The highest BCUT2D eigenvalue weighted by Gasteiger charge is 2.07. The Labute approximate surface area is 139 Å². The summed E-state index contributed by atoms with van der Waals surface area (Å²) < 4.78 is 5.11. The monoisotopic (exact) mass is 346 g/mol. The highest BCUT2D eigenvalue weighted by Crippen LogP contribution is 2.21. The standard InChI is InChI=1S/C16H14N2O5S/c19-12-6-11(23-8-13(12)20)7-17-10-3-1-9(2-4-10)5-14-15(21)18-16(22)24-14/h1-4,6,8,17,20-21H,5,7H2,(H,18,22). The third-order valence-electron chi connectivity index (χ3n) is 3.35. The number of benzene rings is 1. The highest BCUT2D eigenvalue weighted by atomic mass is 32.1. The molecule has 0 unspecified atom stereocenters. The highest BCUT2D eigenvalue weighted by molar-refractivity contribution is 7.09. The van der Waals surface area contributed by atoms with Crippen LogP contribution in [0.1, 0.15) is 16.2 Å². The van der Waals surface area contributed by atoms with Gasteiger partial charge >= 0.3 is 4.87 Å². The molecule has 2 heterocycles. The molecule has 0 saturated carbocycles. The average Bonchev–Trinajstić information content (AvgIpc) is 2.87. The number of thiazole rings is 1. The van der Waals surface area contributed by atoms with Crippen molar-refractivity contribution in [1.29, 1.82) is 0 Å². The summed E-state index contributed by atoms with van der Waals surface area (Å²) in [7, 11) is 0.